The van der Waals surface area contributed by atoms with Crippen molar-refractivity contribution in [3.8, 4) is 0 Å². The minimum Gasteiger partial charge on any atom is -0.393 e. The van der Waals surface area contributed by atoms with Crippen molar-refractivity contribution in [2.24, 2.45) is 5.41 Å². The smallest absolute Gasteiger partial charge is 0.222 e. The molecule has 0 aromatic rings. The predicted octanol–water partition coefficient (Wildman–Crippen LogP) is 1.32. The zero-order valence-electron chi connectivity index (χ0n) is 15.0. The van der Waals surface area contributed by atoms with E-state index in [1.54, 1.807) is 13.8 Å². The lowest BCUT2D eigenvalue weighted by molar-refractivity contribution is -0.137. The van der Waals surface area contributed by atoms with Crippen LogP contribution in [0, 0.1) is 5.41 Å². The summed E-state index contributed by atoms with van der Waals surface area (Å²) in [5.41, 5.74) is -1.17. The van der Waals surface area contributed by atoms with Gasteiger partial charge in [-0.1, -0.05) is 26.7 Å². The molecule has 0 aliphatic carbocycles. The van der Waals surface area contributed by atoms with Gasteiger partial charge in [-0.2, -0.15) is 0 Å². The summed E-state index contributed by atoms with van der Waals surface area (Å²) in [6.07, 6.45) is 2.34. The number of carbonyl (C=O) groups is 2. The zero-order chi connectivity index (χ0) is 18.0. The van der Waals surface area contributed by atoms with E-state index < -0.39 is 17.6 Å². The van der Waals surface area contributed by atoms with Crippen molar-refractivity contribution >= 4 is 11.7 Å². The van der Waals surface area contributed by atoms with Gasteiger partial charge in [0.05, 0.1) is 30.3 Å². The molecule has 2 rings (SSSR count). The van der Waals surface area contributed by atoms with Crippen LogP contribution in [0.4, 0.5) is 0 Å². The normalized spacial score (nSPS) is 39.0. The first-order valence-corrected chi connectivity index (χ1v) is 8.99. The molecule has 2 aliphatic heterocycles. The number of hydrogen-bond donors (Lipinski definition) is 3. The Balaban J connectivity index is 2.00. The first-order chi connectivity index (χ1) is 11.1. The Hall–Kier alpha value is -0.980. The summed E-state index contributed by atoms with van der Waals surface area (Å²) in [5, 5.41) is 23.2. The topological polar surface area (TPSA) is 99.2 Å². The highest BCUT2D eigenvalue weighted by atomic mass is 16.6. The zero-order valence-corrected chi connectivity index (χ0v) is 15.0. The van der Waals surface area contributed by atoms with Crippen LogP contribution in [0.3, 0.4) is 0 Å². The maximum absolute atomic E-state index is 12.4. The van der Waals surface area contributed by atoms with E-state index in [2.05, 4.69) is 12.2 Å². The van der Waals surface area contributed by atoms with Gasteiger partial charge >= 0.3 is 0 Å². The van der Waals surface area contributed by atoms with Gasteiger partial charge in [0.15, 0.2) is 0 Å². The third-order valence-electron chi connectivity index (χ3n) is 5.58. The monoisotopic (exact) mass is 341 g/mol. The number of ether oxygens (including phenoxy) is 1. The molecule has 4 unspecified atom stereocenters. The van der Waals surface area contributed by atoms with Crippen molar-refractivity contribution in [1.82, 2.24) is 5.32 Å². The summed E-state index contributed by atoms with van der Waals surface area (Å²) < 4.78 is 5.75. The van der Waals surface area contributed by atoms with E-state index in [4.69, 9.17) is 4.74 Å². The highest BCUT2D eigenvalue weighted by Gasteiger charge is 2.50. The van der Waals surface area contributed by atoms with Crippen LogP contribution in [0.15, 0.2) is 0 Å². The van der Waals surface area contributed by atoms with Crippen LogP contribution in [-0.4, -0.2) is 52.4 Å². The molecule has 3 N–H and O–H groups in total. The van der Waals surface area contributed by atoms with Crippen LogP contribution in [0.1, 0.15) is 65.7 Å². The SMILES string of the molecule is CC12CCCCC(O)CC(=O)C(C)(C)C(O)CC(=O)NCCC1O2. The Bertz CT molecular complexity index is 478. The highest BCUT2D eigenvalue weighted by Crippen LogP contribution is 2.42. The molecule has 1 amide bonds. The number of Topliss-reactive ketones (excluding diaryl/α,β-unsaturated/α-hetero) is 1. The van der Waals surface area contributed by atoms with Crippen LogP contribution in [-0.2, 0) is 14.3 Å². The maximum Gasteiger partial charge on any atom is 0.222 e. The average Bonchev–Trinajstić information content (AvgIpc) is 3.13. The van der Waals surface area contributed by atoms with Gasteiger partial charge in [0.2, 0.25) is 5.91 Å². The van der Waals surface area contributed by atoms with Crippen molar-refractivity contribution in [2.45, 2.75) is 89.6 Å². The number of carbonyl (C=O) groups excluding carboxylic acids is 2. The fourth-order valence-corrected chi connectivity index (χ4v) is 3.34. The predicted molar refractivity (Wildman–Crippen MR) is 89.4 cm³/mol. The number of aliphatic hydroxyl groups is 2. The third-order valence-corrected chi connectivity index (χ3v) is 5.58. The van der Waals surface area contributed by atoms with E-state index >= 15 is 0 Å². The molecule has 2 fully saturated rings. The van der Waals surface area contributed by atoms with E-state index in [0.717, 1.165) is 25.7 Å². The van der Waals surface area contributed by atoms with Crippen LogP contribution in [0.2, 0.25) is 0 Å². The van der Waals surface area contributed by atoms with E-state index in [0.29, 0.717) is 13.0 Å². The summed E-state index contributed by atoms with van der Waals surface area (Å²) in [5.74, 6) is -0.474. The Morgan fingerprint density at radius 3 is 2.50 bits per heavy atom. The third kappa shape index (κ3) is 4.77. The summed E-state index contributed by atoms with van der Waals surface area (Å²) in [7, 11) is 0. The standard InChI is InChI=1S/C18H31NO5/c1-17(2)13(21)10-12(20)6-4-5-8-18(3)15(24-18)7-9-19-16(23)11-14(17)22/h12,14-15,20,22H,4-11H2,1-3H3,(H,19,23). The minimum atomic E-state index is -1.06. The molecule has 2 heterocycles. The second-order valence-electron chi connectivity index (χ2n) is 8.03. The van der Waals surface area contributed by atoms with Crippen molar-refractivity contribution in [3.05, 3.63) is 0 Å². The molecule has 0 bridgehead atoms. The first-order valence-electron chi connectivity index (χ1n) is 8.99. The van der Waals surface area contributed by atoms with Gasteiger partial charge in [-0.05, 0) is 26.2 Å². The number of fused-ring (bicyclic) bond motifs is 1. The van der Waals surface area contributed by atoms with E-state index in [1.165, 1.54) is 0 Å². The molecule has 0 saturated carbocycles. The molecular weight excluding hydrogens is 310 g/mol. The molecule has 6 nitrogen and oxygen atoms in total. The molecule has 2 aliphatic rings. The second kappa shape index (κ2) is 7.50. The quantitative estimate of drug-likeness (QED) is 0.577. The Labute approximate surface area is 144 Å². The molecule has 0 spiro atoms. The minimum absolute atomic E-state index is 0.0159. The van der Waals surface area contributed by atoms with E-state index in [-0.39, 0.29) is 36.2 Å². The molecule has 0 aromatic carbocycles. The lowest BCUT2D eigenvalue weighted by Crippen LogP contribution is -2.42. The molecule has 2 saturated heterocycles. The number of amides is 1. The second-order valence-corrected chi connectivity index (χ2v) is 8.03. The van der Waals surface area contributed by atoms with Gasteiger partial charge in [-0.3, -0.25) is 9.59 Å². The molecule has 24 heavy (non-hydrogen) atoms. The number of epoxide rings is 1. The number of ketones is 1. The molecule has 4 atom stereocenters. The fraction of sp³-hybridized carbons (Fsp3) is 0.889. The van der Waals surface area contributed by atoms with Crippen LogP contribution < -0.4 is 5.32 Å². The molecule has 0 aromatic heterocycles. The van der Waals surface area contributed by atoms with E-state index in [9.17, 15) is 19.8 Å². The number of nitrogens with one attached hydrogen (secondary N) is 1. The molecule has 138 valence electrons. The lowest BCUT2D eigenvalue weighted by atomic mass is 9.78. The van der Waals surface area contributed by atoms with Crippen LogP contribution >= 0.6 is 0 Å². The van der Waals surface area contributed by atoms with Crippen LogP contribution in [0.25, 0.3) is 0 Å². The fourth-order valence-electron chi connectivity index (χ4n) is 3.34. The van der Waals surface area contributed by atoms with Gasteiger partial charge in [0, 0.05) is 18.4 Å². The van der Waals surface area contributed by atoms with Crippen LogP contribution in [0.5, 0.6) is 0 Å². The van der Waals surface area contributed by atoms with E-state index in [1.807, 2.05) is 0 Å². The Kier molecular flexibility index (Phi) is 6.04. The van der Waals surface area contributed by atoms with Crippen molar-refractivity contribution in [2.75, 3.05) is 6.54 Å². The molecule has 6 heteroatoms. The Morgan fingerprint density at radius 1 is 1.08 bits per heavy atom. The molecule has 0 radical (unpaired) electrons. The summed E-state index contributed by atoms with van der Waals surface area (Å²) >= 11 is 0. The van der Waals surface area contributed by atoms with Gasteiger partial charge in [0.1, 0.15) is 5.78 Å². The molecular formula is C18H31NO5. The van der Waals surface area contributed by atoms with Crippen molar-refractivity contribution in [3.63, 3.8) is 0 Å². The van der Waals surface area contributed by atoms with Crippen molar-refractivity contribution < 1.29 is 24.5 Å². The maximum atomic E-state index is 12.4. The first kappa shape index (κ1) is 19.3. The highest BCUT2D eigenvalue weighted by molar-refractivity contribution is 5.86. The van der Waals surface area contributed by atoms with Gasteiger partial charge in [-0.15, -0.1) is 0 Å². The summed E-state index contributed by atoms with van der Waals surface area (Å²) in [6, 6.07) is 0. The Morgan fingerprint density at radius 2 is 1.79 bits per heavy atom. The lowest BCUT2D eigenvalue weighted by Gasteiger charge is -2.29. The number of aliphatic hydroxyl groups excluding tert-OH is 2. The average molecular weight is 341 g/mol. The number of rotatable bonds is 0. The van der Waals surface area contributed by atoms with Gasteiger partial charge in [-0.25, -0.2) is 0 Å². The van der Waals surface area contributed by atoms with Gasteiger partial charge < -0.3 is 20.3 Å². The largest absolute Gasteiger partial charge is 0.393 e. The summed E-state index contributed by atoms with van der Waals surface area (Å²) in [6.45, 7) is 5.85. The van der Waals surface area contributed by atoms with Crippen molar-refractivity contribution in [1.29, 1.82) is 0 Å². The number of hydrogen-bond acceptors (Lipinski definition) is 5. The van der Waals surface area contributed by atoms with Gasteiger partial charge in [0.25, 0.3) is 0 Å². The summed E-state index contributed by atoms with van der Waals surface area (Å²) in [4.78, 5) is 24.4.